The Kier molecular flexibility index (Phi) is 7.03. The first-order chi connectivity index (χ1) is 11.0. The summed E-state index contributed by atoms with van der Waals surface area (Å²) in [6.07, 6.45) is -1.78. The van der Waals surface area contributed by atoms with Gasteiger partial charge in [0.15, 0.2) is 0 Å². The molecule has 0 bridgehead atoms. The fraction of sp³-hybridized carbons (Fsp3) is 0.500. The van der Waals surface area contributed by atoms with Gasteiger partial charge in [-0.1, -0.05) is 18.2 Å². The van der Waals surface area contributed by atoms with Crippen molar-refractivity contribution in [2.45, 2.75) is 24.9 Å². The molecule has 1 aromatic rings. The maximum Gasteiger partial charge on any atom is 0.490 e. The molecular formula is C14H19F3N2O4S. The van der Waals surface area contributed by atoms with Crippen molar-refractivity contribution in [1.82, 2.24) is 5.32 Å². The quantitative estimate of drug-likeness (QED) is 0.760. The standard InChI is InChI=1S/C12H18N2O2S.C2HF3O2/c1-17(15,16)14-12-5-3-2-4-11(12)10-6-8-13-9-7-10;3-2(4,5)1(6)7/h2-5,10,13-14H,6-9H2,1H3;(H,6,7). The molecule has 0 aliphatic carbocycles. The van der Waals surface area contributed by atoms with Crippen LogP contribution >= 0.6 is 0 Å². The lowest BCUT2D eigenvalue weighted by molar-refractivity contribution is -0.192. The molecule has 0 aromatic heterocycles. The Labute approximate surface area is 138 Å². The zero-order chi connectivity index (χ0) is 18.4. The number of para-hydroxylation sites is 1. The number of halogens is 3. The molecule has 0 radical (unpaired) electrons. The van der Waals surface area contributed by atoms with Crippen LogP contribution in [0.4, 0.5) is 18.9 Å². The normalized spacial score (nSPS) is 16.0. The molecule has 1 fully saturated rings. The van der Waals surface area contributed by atoms with Gasteiger partial charge in [0.2, 0.25) is 10.0 Å². The lowest BCUT2D eigenvalue weighted by Crippen LogP contribution is -2.27. The van der Waals surface area contributed by atoms with E-state index in [-0.39, 0.29) is 0 Å². The first-order valence-electron chi connectivity index (χ1n) is 7.08. The molecule has 0 spiro atoms. The van der Waals surface area contributed by atoms with Crippen LogP contribution in [0.2, 0.25) is 0 Å². The van der Waals surface area contributed by atoms with Crippen molar-refractivity contribution < 1.29 is 31.5 Å². The number of nitrogens with one attached hydrogen (secondary N) is 2. The summed E-state index contributed by atoms with van der Waals surface area (Å²) in [7, 11) is -3.20. The summed E-state index contributed by atoms with van der Waals surface area (Å²) in [6, 6.07) is 7.67. The average Bonchev–Trinajstić information content (AvgIpc) is 2.47. The maximum atomic E-state index is 11.3. The van der Waals surface area contributed by atoms with Gasteiger partial charge in [0.1, 0.15) is 0 Å². The highest BCUT2D eigenvalue weighted by Crippen LogP contribution is 2.31. The predicted molar refractivity (Wildman–Crippen MR) is 83.4 cm³/mol. The first-order valence-corrected chi connectivity index (χ1v) is 8.97. The van der Waals surface area contributed by atoms with Crippen molar-refractivity contribution in [3.8, 4) is 0 Å². The molecule has 0 unspecified atom stereocenters. The maximum absolute atomic E-state index is 11.3. The van der Waals surface area contributed by atoms with Gasteiger partial charge in [-0.15, -0.1) is 0 Å². The molecule has 1 aliphatic heterocycles. The van der Waals surface area contributed by atoms with E-state index in [0.29, 0.717) is 5.92 Å². The minimum atomic E-state index is -5.08. The minimum absolute atomic E-state index is 0.446. The third kappa shape index (κ3) is 7.18. The molecule has 0 saturated carbocycles. The molecule has 24 heavy (non-hydrogen) atoms. The number of carbonyl (C=O) groups is 1. The summed E-state index contributed by atoms with van der Waals surface area (Å²) in [6.45, 7) is 2.00. The van der Waals surface area contributed by atoms with Gasteiger partial charge in [-0.2, -0.15) is 13.2 Å². The van der Waals surface area contributed by atoms with Crippen LogP contribution < -0.4 is 10.0 Å². The van der Waals surface area contributed by atoms with Crippen molar-refractivity contribution in [3.63, 3.8) is 0 Å². The fourth-order valence-electron chi connectivity index (χ4n) is 2.28. The summed E-state index contributed by atoms with van der Waals surface area (Å²) in [5, 5.41) is 10.4. The van der Waals surface area contributed by atoms with Gasteiger partial charge in [0.25, 0.3) is 0 Å². The summed E-state index contributed by atoms with van der Waals surface area (Å²) in [5.41, 5.74) is 1.83. The molecule has 2 rings (SSSR count). The molecule has 136 valence electrons. The van der Waals surface area contributed by atoms with Crippen LogP contribution in [0.15, 0.2) is 24.3 Å². The monoisotopic (exact) mass is 368 g/mol. The Bertz CT molecular complexity index is 656. The van der Waals surface area contributed by atoms with Crippen molar-refractivity contribution in [3.05, 3.63) is 29.8 Å². The van der Waals surface area contributed by atoms with E-state index in [0.717, 1.165) is 37.2 Å². The van der Waals surface area contributed by atoms with Crippen LogP contribution in [0, 0.1) is 0 Å². The van der Waals surface area contributed by atoms with Gasteiger partial charge in [-0.05, 0) is 43.5 Å². The summed E-state index contributed by atoms with van der Waals surface area (Å²) in [5.74, 6) is -2.31. The van der Waals surface area contributed by atoms with Crippen LogP contribution in [0.1, 0.15) is 24.3 Å². The SMILES string of the molecule is CS(=O)(=O)Nc1ccccc1C1CCNCC1.O=C(O)C(F)(F)F. The Morgan fingerprint density at radius 3 is 2.21 bits per heavy atom. The molecule has 1 saturated heterocycles. The molecule has 0 atom stereocenters. The van der Waals surface area contributed by atoms with Crippen LogP contribution in [0.25, 0.3) is 0 Å². The number of hydrogen-bond donors (Lipinski definition) is 3. The highest BCUT2D eigenvalue weighted by Gasteiger charge is 2.38. The molecule has 1 aromatic carbocycles. The van der Waals surface area contributed by atoms with Crippen molar-refractivity contribution in [2.24, 2.45) is 0 Å². The van der Waals surface area contributed by atoms with Gasteiger partial charge < -0.3 is 10.4 Å². The minimum Gasteiger partial charge on any atom is -0.475 e. The topological polar surface area (TPSA) is 95.5 Å². The van der Waals surface area contributed by atoms with Crippen molar-refractivity contribution in [2.75, 3.05) is 24.1 Å². The summed E-state index contributed by atoms with van der Waals surface area (Å²) < 4.78 is 57.0. The van der Waals surface area contributed by atoms with Gasteiger partial charge in [0.05, 0.1) is 11.9 Å². The zero-order valence-corrected chi connectivity index (χ0v) is 13.7. The molecular weight excluding hydrogens is 349 g/mol. The molecule has 6 nitrogen and oxygen atoms in total. The Morgan fingerprint density at radius 2 is 1.75 bits per heavy atom. The van der Waals surface area contributed by atoms with E-state index in [9.17, 15) is 21.6 Å². The van der Waals surface area contributed by atoms with E-state index >= 15 is 0 Å². The summed E-state index contributed by atoms with van der Waals surface area (Å²) in [4.78, 5) is 8.90. The van der Waals surface area contributed by atoms with Crippen molar-refractivity contribution >= 4 is 21.7 Å². The number of carboxylic acid groups (broad SMARTS) is 1. The first kappa shape index (κ1) is 20.2. The number of piperidine rings is 1. The number of hydrogen-bond acceptors (Lipinski definition) is 4. The third-order valence-electron chi connectivity index (χ3n) is 3.28. The number of anilines is 1. The second-order valence-electron chi connectivity index (χ2n) is 5.29. The highest BCUT2D eigenvalue weighted by atomic mass is 32.2. The number of benzene rings is 1. The van der Waals surface area contributed by atoms with Gasteiger partial charge >= 0.3 is 12.1 Å². The van der Waals surface area contributed by atoms with Crippen LogP contribution in [0.5, 0.6) is 0 Å². The number of sulfonamides is 1. The fourth-order valence-corrected chi connectivity index (χ4v) is 2.86. The largest absolute Gasteiger partial charge is 0.490 e. The highest BCUT2D eigenvalue weighted by molar-refractivity contribution is 7.92. The second-order valence-corrected chi connectivity index (χ2v) is 7.04. The molecule has 0 amide bonds. The number of aliphatic carboxylic acids is 1. The van der Waals surface area contributed by atoms with Crippen molar-refractivity contribution in [1.29, 1.82) is 0 Å². The van der Waals surface area contributed by atoms with Gasteiger partial charge in [-0.25, -0.2) is 13.2 Å². The molecule has 1 heterocycles. The van der Waals surface area contributed by atoms with E-state index < -0.39 is 22.2 Å². The Hall–Kier alpha value is -1.81. The zero-order valence-electron chi connectivity index (χ0n) is 12.9. The van der Waals surface area contributed by atoms with E-state index in [1.165, 1.54) is 6.26 Å². The van der Waals surface area contributed by atoms with Gasteiger partial charge in [-0.3, -0.25) is 4.72 Å². The lowest BCUT2D eigenvalue weighted by atomic mass is 9.89. The van der Waals surface area contributed by atoms with E-state index in [1.807, 2.05) is 24.3 Å². The number of rotatable bonds is 3. The summed E-state index contributed by atoms with van der Waals surface area (Å²) >= 11 is 0. The Balaban J connectivity index is 0.000000351. The lowest BCUT2D eigenvalue weighted by Gasteiger charge is -2.25. The molecule has 10 heteroatoms. The van der Waals surface area contributed by atoms with E-state index in [2.05, 4.69) is 10.0 Å². The van der Waals surface area contributed by atoms with E-state index in [1.54, 1.807) is 0 Å². The van der Waals surface area contributed by atoms with E-state index in [4.69, 9.17) is 9.90 Å². The van der Waals surface area contributed by atoms with Crippen LogP contribution in [-0.2, 0) is 14.8 Å². The van der Waals surface area contributed by atoms with Crippen LogP contribution in [-0.4, -0.2) is 45.0 Å². The second kappa shape index (κ2) is 8.34. The number of carboxylic acids is 1. The van der Waals surface area contributed by atoms with Crippen LogP contribution in [0.3, 0.4) is 0 Å². The average molecular weight is 368 g/mol. The number of alkyl halides is 3. The molecule has 1 aliphatic rings. The predicted octanol–water partition coefficient (Wildman–Crippen LogP) is 2.16. The van der Waals surface area contributed by atoms with Gasteiger partial charge in [0, 0.05) is 0 Å². The Morgan fingerprint density at radius 1 is 1.25 bits per heavy atom. The third-order valence-corrected chi connectivity index (χ3v) is 3.87. The molecule has 3 N–H and O–H groups in total. The smallest absolute Gasteiger partial charge is 0.475 e.